The molecule has 114 valence electrons. The maximum atomic E-state index is 4.35. The van der Waals surface area contributed by atoms with Crippen LogP contribution in [0.5, 0.6) is 0 Å². The Hall–Kier alpha value is -3.33. The Labute approximate surface area is 139 Å². The first kappa shape index (κ1) is 14.3. The molecule has 0 amide bonds. The van der Waals surface area contributed by atoms with E-state index >= 15 is 0 Å². The summed E-state index contributed by atoms with van der Waals surface area (Å²) in [6.07, 6.45) is 5.41. The van der Waals surface area contributed by atoms with E-state index in [-0.39, 0.29) is 0 Å². The summed E-state index contributed by atoms with van der Waals surface area (Å²) < 4.78 is 0. The molecule has 0 N–H and O–H groups in total. The van der Waals surface area contributed by atoms with Gasteiger partial charge in [0.05, 0.1) is 16.6 Å². The van der Waals surface area contributed by atoms with Crippen LogP contribution >= 0.6 is 0 Å². The Balaban J connectivity index is 0.000000129. The van der Waals surface area contributed by atoms with Gasteiger partial charge >= 0.3 is 0 Å². The normalized spacial score (nSPS) is 10.5. The van der Waals surface area contributed by atoms with Crippen LogP contribution in [0.25, 0.3) is 32.7 Å². The highest BCUT2D eigenvalue weighted by molar-refractivity contribution is 6.02. The third-order valence-electron chi connectivity index (χ3n) is 3.86. The van der Waals surface area contributed by atoms with Crippen molar-refractivity contribution in [2.75, 3.05) is 0 Å². The maximum Gasteiger partial charge on any atom is 0.0964 e. The van der Waals surface area contributed by atoms with Gasteiger partial charge in [-0.1, -0.05) is 48.5 Å². The molecule has 0 atom stereocenters. The topological polar surface area (TPSA) is 38.7 Å². The highest BCUT2D eigenvalue weighted by Gasteiger charge is 2.00. The summed E-state index contributed by atoms with van der Waals surface area (Å²) in [6, 6.07) is 24.2. The minimum atomic E-state index is 0.977. The number of hydrogen-bond donors (Lipinski definition) is 0. The molecule has 0 aliphatic heterocycles. The van der Waals surface area contributed by atoms with Crippen LogP contribution in [0.3, 0.4) is 0 Å². The van der Waals surface area contributed by atoms with Gasteiger partial charge in [-0.2, -0.15) is 0 Å². The van der Waals surface area contributed by atoms with Gasteiger partial charge in [0.2, 0.25) is 0 Å². The summed E-state index contributed by atoms with van der Waals surface area (Å²) >= 11 is 0. The average molecular weight is 309 g/mol. The lowest BCUT2D eigenvalue weighted by Crippen LogP contribution is -1.83. The molecule has 0 saturated heterocycles. The first-order valence-corrected chi connectivity index (χ1v) is 7.80. The van der Waals surface area contributed by atoms with Crippen molar-refractivity contribution in [1.29, 1.82) is 0 Å². The van der Waals surface area contributed by atoms with Crippen molar-refractivity contribution in [3.8, 4) is 0 Å². The minimum Gasteiger partial charge on any atom is -0.256 e. The smallest absolute Gasteiger partial charge is 0.0964 e. The van der Waals surface area contributed by atoms with Crippen molar-refractivity contribution in [3.05, 3.63) is 91.4 Å². The van der Waals surface area contributed by atoms with Crippen molar-refractivity contribution in [2.45, 2.75) is 0 Å². The molecule has 0 aliphatic carbocycles. The third kappa shape index (κ3) is 2.79. The molecule has 2 aromatic carbocycles. The molecule has 5 rings (SSSR count). The van der Waals surface area contributed by atoms with Gasteiger partial charge < -0.3 is 0 Å². The number of aromatic nitrogens is 3. The molecule has 0 unspecified atom stereocenters. The zero-order valence-corrected chi connectivity index (χ0v) is 13.0. The summed E-state index contributed by atoms with van der Waals surface area (Å²) in [6.45, 7) is 0. The number of rotatable bonds is 0. The molecule has 0 aliphatic rings. The van der Waals surface area contributed by atoms with E-state index in [1.54, 1.807) is 12.4 Å². The molecule has 0 saturated carbocycles. The predicted octanol–water partition coefficient (Wildman–Crippen LogP) is 5.02. The van der Waals surface area contributed by atoms with E-state index in [1.807, 2.05) is 42.6 Å². The van der Waals surface area contributed by atoms with Crippen LogP contribution in [0.15, 0.2) is 91.4 Å². The molecule has 24 heavy (non-hydrogen) atoms. The highest BCUT2D eigenvalue weighted by Crippen LogP contribution is 2.20. The lowest BCUT2D eigenvalue weighted by atomic mass is 10.1. The van der Waals surface area contributed by atoms with Gasteiger partial charge in [0.25, 0.3) is 0 Å². The molecule has 3 heterocycles. The molecular weight excluding hydrogens is 294 g/mol. The minimum absolute atomic E-state index is 0.977. The molecule has 3 nitrogen and oxygen atoms in total. The maximum absolute atomic E-state index is 4.35. The van der Waals surface area contributed by atoms with Crippen LogP contribution < -0.4 is 0 Å². The van der Waals surface area contributed by atoms with Crippen molar-refractivity contribution in [2.24, 2.45) is 0 Å². The van der Waals surface area contributed by atoms with Crippen molar-refractivity contribution in [3.63, 3.8) is 0 Å². The second kappa shape index (κ2) is 6.42. The first-order chi connectivity index (χ1) is 11.9. The van der Waals surface area contributed by atoms with Gasteiger partial charge in [0.15, 0.2) is 0 Å². The summed E-state index contributed by atoms with van der Waals surface area (Å²) in [5.41, 5.74) is 3.02. The number of hydrogen-bond acceptors (Lipinski definition) is 3. The number of para-hydroxylation sites is 1. The van der Waals surface area contributed by atoms with Gasteiger partial charge in [0, 0.05) is 34.7 Å². The Kier molecular flexibility index (Phi) is 3.82. The second-order valence-electron chi connectivity index (χ2n) is 5.41. The fourth-order valence-corrected chi connectivity index (χ4v) is 2.70. The Bertz CT molecular complexity index is 999. The molecule has 0 spiro atoms. The van der Waals surface area contributed by atoms with Crippen molar-refractivity contribution in [1.82, 2.24) is 15.0 Å². The number of benzene rings is 2. The molecule has 0 bridgehead atoms. The van der Waals surface area contributed by atoms with E-state index < -0.39 is 0 Å². The Morgan fingerprint density at radius 3 is 1.54 bits per heavy atom. The van der Waals surface area contributed by atoms with Crippen LogP contribution in [0.1, 0.15) is 0 Å². The van der Waals surface area contributed by atoms with Crippen molar-refractivity contribution >= 4 is 32.7 Å². The van der Waals surface area contributed by atoms with Gasteiger partial charge in [-0.3, -0.25) is 15.0 Å². The van der Waals surface area contributed by atoms with Crippen LogP contribution in [0, 0.1) is 0 Å². The van der Waals surface area contributed by atoms with E-state index in [4.69, 9.17) is 0 Å². The van der Waals surface area contributed by atoms with Gasteiger partial charge in [-0.25, -0.2) is 0 Å². The lowest BCUT2D eigenvalue weighted by Gasteiger charge is -2.00. The monoisotopic (exact) mass is 309 g/mol. The third-order valence-corrected chi connectivity index (χ3v) is 3.86. The summed E-state index contributed by atoms with van der Waals surface area (Å²) in [7, 11) is 0. The molecule has 3 heteroatoms. The summed E-state index contributed by atoms with van der Waals surface area (Å²) in [4.78, 5) is 12.9. The van der Waals surface area contributed by atoms with Crippen LogP contribution in [0.2, 0.25) is 0 Å². The average Bonchev–Trinajstić information content (AvgIpc) is 2.68. The number of pyridine rings is 3. The second-order valence-corrected chi connectivity index (χ2v) is 5.41. The van der Waals surface area contributed by atoms with Gasteiger partial charge in [-0.05, 0) is 24.3 Å². The van der Waals surface area contributed by atoms with E-state index in [9.17, 15) is 0 Å². The van der Waals surface area contributed by atoms with Crippen LogP contribution in [-0.2, 0) is 0 Å². The number of nitrogens with zero attached hydrogens (tertiary/aromatic N) is 3. The summed E-state index contributed by atoms with van der Waals surface area (Å²) in [5, 5.41) is 3.47. The van der Waals surface area contributed by atoms with E-state index in [2.05, 4.69) is 51.4 Å². The number of fused-ring (bicyclic) bond motifs is 4. The van der Waals surface area contributed by atoms with Gasteiger partial charge in [-0.15, -0.1) is 0 Å². The molecule has 5 aromatic rings. The van der Waals surface area contributed by atoms with Crippen molar-refractivity contribution < 1.29 is 0 Å². The zero-order chi connectivity index (χ0) is 16.2. The Morgan fingerprint density at radius 2 is 0.917 bits per heavy atom. The van der Waals surface area contributed by atoms with Crippen LogP contribution in [0.4, 0.5) is 0 Å². The highest BCUT2D eigenvalue weighted by atomic mass is 14.7. The Morgan fingerprint density at radius 1 is 0.417 bits per heavy atom. The predicted molar refractivity (Wildman–Crippen MR) is 98.8 cm³/mol. The quantitative estimate of drug-likeness (QED) is 0.377. The van der Waals surface area contributed by atoms with E-state index in [0.29, 0.717) is 0 Å². The lowest BCUT2D eigenvalue weighted by molar-refractivity contribution is 1.37. The van der Waals surface area contributed by atoms with Crippen LogP contribution in [-0.4, -0.2) is 15.0 Å². The SMILES string of the molecule is c1ccc2ncccc2c1.c1cnc2c(c1)ccc1cccnc12. The summed E-state index contributed by atoms with van der Waals surface area (Å²) in [5.74, 6) is 0. The molecular formula is C21H15N3. The standard InChI is InChI=1S/C12H8N2.C9H7N/c1-3-9-5-6-10-4-2-8-14-12(10)11(9)13-7-1;1-2-6-9-8(4-1)5-3-7-10-9/h1-8H;1-7H. The molecule has 0 radical (unpaired) electrons. The van der Waals surface area contributed by atoms with E-state index in [1.165, 1.54) is 5.39 Å². The van der Waals surface area contributed by atoms with Gasteiger partial charge in [0.1, 0.15) is 0 Å². The molecule has 0 fully saturated rings. The molecule has 3 aromatic heterocycles. The fraction of sp³-hybridized carbons (Fsp3) is 0. The van der Waals surface area contributed by atoms with E-state index in [0.717, 1.165) is 27.3 Å². The fourth-order valence-electron chi connectivity index (χ4n) is 2.70. The first-order valence-electron chi connectivity index (χ1n) is 7.80. The zero-order valence-electron chi connectivity index (χ0n) is 13.0. The largest absolute Gasteiger partial charge is 0.256 e.